The predicted molar refractivity (Wildman–Crippen MR) is 87.4 cm³/mol. The van der Waals surface area contributed by atoms with Crippen LogP contribution in [0.25, 0.3) is 0 Å². The quantitative estimate of drug-likeness (QED) is 0.880. The Morgan fingerprint density at radius 2 is 1.55 bits per heavy atom. The first-order valence-corrected chi connectivity index (χ1v) is 6.94. The van der Waals surface area contributed by atoms with Crippen molar-refractivity contribution >= 4 is 24.2 Å². The summed E-state index contributed by atoms with van der Waals surface area (Å²) in [6.45, 7) is 0.544. The molecule has 114 valence electrons. The molecule has 2 aromatic carbocycles. The normalized spacial score (nSPS) is 13.0. The van der Waals surface area contributed by atoms with E-state index in [2.05, 4.69) is 0 Å². The molecule has 0 spiro atoms. The SMILES string of the molecule is Cl.NCCN1C(=O)c2ccc(Cc3ccccc3)cc2C1=O. The number of hydrogen-bond donors (Lipinski definition) is 1. The van der Waals surface area contributed by atoms with Crippen molar-refractivity contribution in [2.24, 2.45) is 5.73 Å². The number of fused-ring (bicyclic) bond motifs is 1. The Morgan fingerprint density at radius 3 is 2.23 bits per heavy atom. The second kappa shape index (κ2) is 6.73. The van der Waals surface area contributed by atoms with Crippen molar-refractivity contribution in [1.82, 2.24) is 4.90 Å². The summed E-state index contributed by atoms with van der Waals surface area (Å²) in [4.78, 5) is 25.6. The van der Waals surface area contributed by atoms with Gasteiger partial charge in [0.05, 0.1) is 11.1 Å². The van der Waals surface area contributed by atoms with Gasteiger partial charge in [0, 0.05) is 13.1 Å². The molecule has 3 rings (SSSR count). The highest BCUT2D eigenvalue weighted by Crippen LogP contribution is 2.24. The number of rotatable bonds is 4. The van der Waals surface area contributed by atoms with Crippen LogP contribution in [0.5, 0.6) is 0 Å². The fourth-order valence-electron chi connectivity index (χ4n) is 2.61. The zero-order valence-corrected chi connectivity index (χ0v) is 12.8. The van der Waals surface area contributed by atoms with Gasteiger partial charge in [-0.1, -0.05) is 36.4 Å². The van der Waals surface area contributed by atoms with Crippen molar-refractivity contribution < 1.29 is 9.59 Å². The molecule has 1 aliphatic rings. The molecule has 0 unspecified atom stereocenters. The van der Waals surface area contributed by atoms with Crippen LogP contribution in [-0.4, -0.2) is 29.8 Å². The van der Waals surface area contributed by atoms with Gasteiger partial charge in [-0.05, 0) is 29.7 Å². The highest BCUT2D eigenvalue weighted by atomic mass is 35.5. The molecule has 0 atom stereocenters. The lowest BCUT2D eigenvalue weighted by atomic mass is 10.0. The predicted octanol–water partition coefficient (Wildman–Crippen LogP) is 2.25. The van der Waals surface area contributed by atoms with Crippen molar-refractivity contribution in [2.75, 3.05) is 13.1 Å². The number of nitrogens with two attached hydrogens (primary N) is 1. The average Bonchev–Trinajstić information content (AvgIpc) is 2.74. The molecule has 0 aliphatic carbocycles. The van der Waals surface area contributed by atoms with Gasteiger partial charge in [0.15, 0.2) is 0 Å². The summed E-state index contributed by atoms with van der Waals surface area (Å²) >= 11 is 0. The van der Waals surface area contributed by atoms with Gasteiger partial charge in [0.25, 0.3) is 11.8 Å². The van der Waals surface area contributed by atoms with Crippen molar-refractivity contribution in [1.29, 1.82) is 0 Å². The van der Waals surface area contributed by atoms with E-state index in [0.717, 1.165) is 12.0 Å². The zero-order chi connectivity index (χ0) is 14.8. The molecule has 2 aromatic rings. The lowest BCUT2D eigenvalue weighted by molar-refractivity contribution is 0.0659. The summed E-state index contributed by atoms with van der Waals surface area (Å²) in [5.74, 6) is -0.484. The van der Waals surface area contributed by atoms with Crippen LogP contribution < -0.4 is 5.73 Å². The van der Waals surface area contributed by atoms with Crippen LogP contribution in [0.4, 0.5) is 0 Å². The van der Waals surface area contributed by atoms with Crippen LogP contribution in [0.1, 0.15) is 31.8 Å². The second-order valence-electron chi connectivity index (χ2n) is 5.09. The van der Waals surface area contributed by atoms with Crippen LogP contribution >= 0.6 is 12.4 Å². The van der Waals surface area contributed by atoms with Gasteiger partial charge < -0.3 is 5.73 Å². The first kappa shape index (κ1) is 16.2. The highest BCUT2D eigenvalue weighted by Gasteiger charge is 2.34. The molecule has 1 heterocycles. The molecule has 4 nitrogen and oxygen atoms in total. The standard InChI is InChI=1S/C17H16N2O2.ClH/c18-8-9-19-16(20)14-7-6-13(11-15(14)17(19)21)10-12-4-2-1-3-5-12;/h1-7,11H,8-10,18H2;1H. The van der Waals surface area contributed by atoms with Crippen molar-refractivity contribution in [3.8, 4) is 0 Å². The molecule has 0 saturated heterocycles. The first-order chi connectivity index (χ1) is 10.2. The molecular formula is C17H17ClN2O2. The summed E-state index contributed by atoms with van der Waals surface area (Å²) < 4.78 is 0. The lowest BCUT2D eigenvalue weighted by Crippen LogP contribution is -2.34. The fraction of sp³-hybridized carbons (Fsp3) is 0.176. The molecule has 0 saturated carbocycles. The van der Waals surface area contributed by atoms with E-state index in [0.29, 0.717) is 11.1 Å². The van der Waals surface area contributed by atoms with E-state index in [1.54, 1.807) is 6.07 Å². The molecule has 5 heteroatoms. The van der Waals surface area contributed by atoms with Crippen molar-refractivity contribution in [3.63, 3.8) is 0 Å². The Balaban J connectivity index is 0.00000176. The molecule has 2 N–H and O–H groups in total. The second-order valence-corrected chi connectivity index (χ2v) is 5.09. The molecule has 1 aliphatic heterocycles. The maximum atomic E-state index is 12.3. The maximum absolute atomic E-state index is 12.3. The van der Waals surface area contributed by atoms with E-state index < -0.39 is 0 Å². The summed E-state index contributed by atoms with van der Waals surface area (Å²) in [6, 6.07) is 15.5. The summed E-state index contributed by atoms with van der Waals surface area (Å²) in [7, 11) is 0. The molecule has 0 aromatic heterocycles. The smallest absolute Gasteiger partial charge is 0.261 e. The molecule has 0 bridgehead atoms. The van der Waals surface area contributed by atoms with E-state index in [1.165, 1.54) is 10.5 Å². The lowest BCUT2D eigenvalue weighted by Gasteiger charge is -2.11. The van der Waals surface area contributed by atoms with Gasteiger partial charge in [-0.3, -0.25) is 14.5 Å². The number of benzene rings is 2. The number of imide groups is 1. The van der Waals surface area contributed by atoms with E-state index in [1.807, 2.05) is 42.5 Å². The molecule has 2 amide bonds. The monoisotopic (exact) mass is 316 g/mol. The van der Waals surface area contributed by atoms with Gasteiger partial charge in [0.2, 0.25) is 0 Å². The van der Waals surface area contributed by atoms with E-state index >= 15 is 0 Å². The number of carbonyl (C=O) groups is 2. The fourth-order valence-corrected chi connectivity index (χ4v) is 2.61. The number of amides is 2. The average molecular weight is 317 g/mol. The van der Waals surface area contributed by atoms with E-state index in [9.17, 15) is 9.59 Å². The van der Waals surface area contributed by atoms with Crippen molar-refractivity contribution in [2.45, 2.75) is 6.42 Å². The molecule has 0 radical (unpaired) electrons. The Morgan fingerprint density at radius 1 is 0.864 bits per heavy atom. The number of hydrogen-bond acceptors (Lipinski definition) is 3. The van der Waals surface area contributed by atoms with Gasteiger partial charge in [-0.15, -0.1) is 12.4 Å². The molecule has 0 fully saturated rings. The zero-order valence-electron chi connectivity index (χ0n) is 12.0. The topological polar surface area (TPSA) is 63.4 Å². The minimum absolute atomic E-state index is 0. The Labute approximate surface area is 135 Å². The van der Waals surface area contributed by atoms with Gasteiger partial charge in [-0.25, -0.2) is 0 Å². The van der Waals surface area contributed by atoms with Crippen LogP contribution in [-0.2, 0) is 6.42 Å². The van der Waals surface area contributed by atoms with Gasteiger partial charge >= 0.3 is 0 Å². The number of halogens is 1. The van der Waals surface area contributed by atoms with E-state index in [4.69, 9.17) is 5.73 Å². The summed E-state index contributed by atoms with van der Waals surface area (Å²) in [6.07, 6.45) is 0.743. The Kier molecular flexibility index (Phi) is 4.96. The third kappa shape index (κ3) is 2.89. The maximum Gasteiger partial charge on any atom is 0.261 e. The Hall–Kier alpha value is -2.17. The van der Waals surface area contributed by atoms with Crippen molar-refractivity contribution in [3.05, 3.63) is 70.8 Å². The van der Waals surface area contributed by atoms with E-state index in [-0.39, 0.29) is 37.3 Å². The number of nitrogens with zero attached hydrogens (tertiary/aromatic N) is 1. The van der Waals surface area contributed by atoms with Crippen LogP contribution in [0, 0.1) is 0 Å². The van der Waals surface area contributed by atoms with Crippen LogP contribution in [0.15, 0.2) is 48.5 Å². The largest absolute Gasteiger partial charge is 0.329 e. The highest BCUT2D eigenvalue weighted by molar-refractivity contribution is 6.21. The van der Waals surface area contributed by atoms with Gasteiger partial charge in [0.1, 0.15) is 0 Å². The third-order valence-corrected chi connectivity index (χ3v) is 3.64. The molecular weight excluding hydrogens is 300 g/mol. The van der Waals surface area contributed by atoms with Crippen LogP contribution in [0.3, 0.4) is 0 Å². The first-order valence-electron chi connectivity index (χ1n) is 6.94. The summed E-state index contributed by atoms with van der Waals surface area (Å²) in [5, 5.41) is 0. The minimum atomic E-state index is -0.244. The minimum Gasteiger partial charge on any atom is -0.329 e. The summed E-state index contributed by atoms with van der Waals surface area (Å²) in [5.41, 5.74) is 8.62. The Bertz CT molecular complexity index is 701. The number of carbonyl (C=O) groups excluding carboxylic acids is 2. The van der Waals surface area contributed by atoms with Crippen LogP contribution in [0.2, 0.25) is 0 Å². The third-order valence-electron chi connectivity index (χ3n) is 3.64. The molecule has 22 heavy (non-hydrogen) atoms. The van der Waals surface area contributed by atoms with Gasteiger partial charge in [-0.2, -0.15) is 0 Å².